The van der Waals surface area contributed by atoms with Crippen molar-refractivity contribution in [3.63, 3.8) is 0 Å². The van der Waals surface area contributed by atoms with Crippen molar-refractivity contribution < 1.29 is 4.79 Å². The number of aliphatic imine (C=N–C) groups is 1. The van der Waals surface area contributed by atoms with Crippen molar-refractivity contribution in [2.45, 2.75) is 13.8 Å². The highest BCUT2D eigenvalue weighted by Gasteiger charge is 2.06. The minimum atomic E-state index is -0.109. The maximum atomic E-state index is 10.7. The summed E-state index contributed by atoms with van der Waals surface area (Å²) >= 11 is 0. The fraction of sp³-hybridized carbons (Fsp3) is 0.500. The molecule has 0 spiro atoms. The molecule has 4 nitrogen and oxygen atoms in total. The van der Waals surface area contributed by atoms with E-state index in [4.69, 9.17) is 0 Å². The Morgan fingerprint density at radius 2 is 2.50 bits per heavy atom. The Balaban J connectivity index is 2.70. The topological polar surface area (TPSA) is 45.0 Å². The second-order valence-corrected chi connectivity index (χ2v) is 2.16. The van der Waals surface area contributed by atoms with Crippen LogP contribution in [0.5, 0.6) is 0 Å². The molecule has 0 atom stereocenters. The van der Waals surface area contributed by atoms with E-state index in [0.717, 1.165) is 5.71 Å². The monoisotopic (exact) mass is 139 g/mol. The zero-order valence-electron chi connectivity index (χ0n) is 6.03. The summed E-state index contributed by atoms with van der Waals surface area (Å²) in [5.74, 6) is -0.109. The first-order valence-corrected chi connectivity index (χ1v) is 3.04. The van der Waals surface area contributed by atoms with Crippen molar-refractivity contribution in [3.05, 3.63) is 0 Å². The summed E-state index contributed by atoms with van der Waals surface area (Å²) in [4.78, 5) is 14.6. The Hall–Kier alpha value is -1.19. The van der Waals surface area contributed by atoms with Crippen LogP contribution in [0, 0.1) is 0 Å². The van der Waals surface area contributed by atoms with Crippen LogP contribution >= 0.6 is 0 Å². The molecule has 54 valence electrons. The van der Waals surface area contributed by atoms with Crippen molar-refractivity contribution in [2.24, 2.45) is 10.1 Å². The average molecular weight is 139 g/mol. The lowest BCUT2D eigenvalue weighted by Crippen LogP contribution is -2.26. The van der Waals surface area contributed by atoms with Crippen LogP contribution < -0.4 is 0 Å². The molecule has 1 rings (SSSR count). The second kappa shape index (κ2) is 2.60. The Kier molecular flexibility index (Phi) is 1.80. The molecule has 1 aliphatic rings. The number of rotatable bonds is 0. The van der Waals surface area contributed by atoms with Gasteiger partial charge in [0.15, 0.2) is 0 Å². The van der Waals surface area contributed by atoms with Crippen molar-refractivity contribution in [1.29, 1.82) is 0 Å². The molecule has 0 bridgehead atoms. The zero-order chi connectivity index (χ0) is 7.56. The lowest BCUT2D eigenvalue weighted by molar-refractivity contribution is -0.124. The Labute approximate surface area is 59.2 Å². The maximum absolute atomic E-state index is 10.7. The summed E-state index contributed by atoms with van der Waals surface area (Å²) in [6.45, 7) is 3.89. The highest BCUT2D eigenvalue weighted by atomic mass is 16.2. The number of hydrazone groups is 1. The summed E-state index contributed by atoms with van der Waals surface area (Å²) in [5.41, 5.74) is 0.859. The van der Waals surface area contributed by atoms with E-state index in [1.807, 2.05) is 6.92 Å². The molecule has 0 aliphatic carbocycles. The van der Waals surface area contributed by atoms with Crippen LogP contribution in [-0.4, -0.2) is 29.5 Å². The highest BCUT2D eigenvalue weighted by molar-refractivity contribution is 5.93. The Bertz CT molecular complexity index is 207. The molecule has 10 heavy (non-hydrogen) atoms. The van der Waals surface area contributed by atoms with E-state index < -0.39 is 0 Å². The second-order valence-electron chi connectivity index (χ2n) is 2.16. The van der Waals surface area contributed by atoms with Gasteiger partial charge in [-0.3, -0.25) is 9.79 Å². The predicted molar refractivity (Wildman–Crippen MR) is 39.0 cm³/mol. The van der Waals surface area contributed by atoms with Gasteiger partial charge >= 0.3 is 0 Å². The smallest absolute Gasteiger partial charge is 0.245 e. The quantitative estimate of drug-likeness (QED) is 0.474. The van der Waals surface area contributed by atoms with E-state index in [0.29, 0.717) is 6.54 Å². The Morgan fingerprint density at radius 1 is 1.80 bits per heavy atom. The lowest BCUT2D eigenvalue weighted by atomic mass is 10.4. The molecule has 0 saturated heterocycles. The van der Waals surface area contributed by atoms with Crippen molar-refractivity contribution >= 4 is 18.0 Å². The first-order valence-electron chi connectivity index (χ1n) is 3.04. The number of carbonyl (C=O) groups is 1. The van der Waals surface area contributed by atoms with Crippen LogP contribution in [0.1, 0.15) is 13.8 Å². The number of carbonyl (C=O) groups excluding carboxylic acids is 1. The van der Waals surface area contributed by atoms with Gasteiger partial charge in [-0.2, -0.15) is 10.1 Å². The first kappa shape index (κ1) is 6.92. The van der Waals surface area contributed by atoms with E-state index in [1.54, 1.807) is 0 Å². The zero-order valence-corrected chi connectivity index (χ0v) is 6.03. The molecule has 0 aromatic heterocycles. The summed E-state index contributed by atoms with van der Waals surface area (Å²) in [7, 11) is 0. The molecule has 0 saturated carbocycles. The third-order valence-electron chi connectivity index (χ3n) is 1.11. The van der Waals surface area contributed by atoms with Crippen LogP contribution in [0.2, 0.25) is 0 Å². The number of nitrogens with zero attached hydrogens (tertiary/aromatic N) is 3. The van der Waals surface area contributed by atoms with Gasteiger partial charge in [0.1, 0.15) is 6.34 Å². The van der Waals surface area contributed by atoms with Gasteiger partial charge in [-0.25, -0.2) is 0 Å². The van der Waals surface area contributed by atoms with Gasteiger partial charge in [0.05, 0.1) is 12.3 Å². The maximum Gasteiger partial charge on any atom is 0.245 e. The molecule has 0 aromatic rings. The van der Waals surface area contributed by atoms with Gasteiger partial charge in [0.2, 0.25) is 5.91 Å². The largest absolute Gasteiger partial charge is 0.273 e. The van der Waals surface area contributed by atoms with Crippen LogP contribution in [0.3, 0.4) is 0 Å². The van der Waals surface area contributed by atoms with Gasteiger partial charge in [0.25, 0.3) is 0 Å². The third kappa shape index (κ3) is 1.40. The van der Waals surface area contributed by atoms with Gasteiger partial charge < -0.3 is 0 Å². The molecule has 1 heterocycles. The van der Waals surface area contributed by atoms with Crippen LogP contribution in [0.15, 0.2) is 10.1 Å². The molecular weight excluding hydrogens is 130 g/mol. The molecule has 1 aliphatic heterocycles. The van der Waals surface area contributed by atoms with Gasteiger partial charge in [-0.15, -0.1) is 0 Å². The summed E-state index contributed by atoms with van der Waals surface area (Å²) in [6, 6.07) is 0. The van der Waals surface area contributed by atoms with Crippen LogP contribution in [-0.2, 0) is 4.79 Å². The fourth-order valence-corrected chi connectivity index (χ4v) is 0.643. The predicted octanol–water partition coefficient (Wildman–Crippen LogP) is 0.253. The average Bonchev–Trinajstić information content (AvgIpc) is 1.88. The van der Waals surface area contributed by atoms with Crippen molar-refractivity contribution in [3.8, 4) is 0 Å². The Morgan fingerprint density at radius 3 is 2.90 bits per heavy atom. The molecule has 4 heteroatoms. The number of hydrogen-bond donors (Lipinski definition) is 0. The normalized spacial score (nSPS) is 17.0. The SMILES string of the molecule is CC(=O)N1C=NCC(C)=N1. The minimum Gasteiger partial charge on any atom is -0.273 e. The van der Waals surface area contributed by atoms with Gasteiger partial charge in [-0.05, 0) is 6.92 Å². The molecule has 0 radical (unpaired) electrons. The van der Waals surface area contributed by atoms with E-state index >= 15 is 0 Å². The minimum absolute atomic E-state index is 0.109. The van der Waals surface area contributed by atoms with Crippen molar-refractivity contribution in [1.82, 2.24) is 5.01 Å². The number of amides is 1. The van der Waals surface area contributed by atoms with Crippen LogP contribution in [0.4, 0.5) is 0 Å². The number of hydrogen-bond acceptors (Lipinski definition) is 3. The first-order chi connectivity index (χ1) is 4.70. The van der Waals surface area contributed by atoms with E-state index in [9.17, 15) is 4.79 Å². The lowest BCUT2D eigenvalue weighted by Gasteiger charge is -2.12. The molecular formula is C6H9N3O. The fourth-order valence-electron chi connectivity index (χ4n) is 0.643. The van der Waals surface area contributed by atoms with Crippen LogP contribution in [0.25, 0.3) is 0 Å². The van der Waals surface area contributed by atoms with E-state index in [2.05, 4.69) is 10.1 Å². The highest BCUT2D eigenvalue weighted by Crippen LogP contribution is 1.94. The summed E-state index contributed by atoms with van der Waals surface area (Å²) in [6.07, 6.45) is 1.44. The van der Waals surface area contributed by atoms with Gasteiger partial charge in [-0.1, -0.05) is 0 Å². The van der Waals surface area contributed by atoms with E-state index in [-0.39, 0.29) is 5.91 Å². The molecule has 0 fully saturated rings. The molecule has 0 N–H and O–H groups in total. The van der Waals surface area contributed by atoms with Gasteiger partial charge in [0, 0.05) is 6.92 Å². The van der Waals surface area contributed by atoms with E-state index in [1.165, 1.54) is 18.3 Å². The standard InChI is InChI=1S/C6H9N3O/c1-5-3-7-4-9(8-5)6(2)10/h4H,3H2,1-2H3. The molecule has 0 unspecified atom stereocenters. The van der Waals surface area contributed by atoms with Crippen molar-refractivity contribution in [2.75, 3.05) is 6.54 Å². The summed E-state index contributed by atoms with van der Waals surface area (Å²) in [5, 5.41) is 5.17. The molecule has 1 amide bonds. The molecule has 0 aromatic carbocycles. The third-order valence-corrected chi connectivity index (χ3v) is 1.11. The summed E-state index contributed by atoms with van der Waals surface area (Å²) < 4.78 is 0.